The number of amides is 1. The SMILES string of the molecule is COc1ccc(C(=O)N2CC[NH+](Cc3cccc(Cl)c3)CC2)c(OC)c1. The van der Waals surface area contributed by atoms with Crippen molar-refractivity contribution in [2.24, 2.45) is 0 Å². The summed E-state index contributed by atoms with van der Waals surface area (Å²) >= 11 is 6.06. The summed E-state index contributed by atoms with van der Waals surface area (Å²) in [6.07, 6.45) is 0. The van der Waals surface area contributed by atoms with E-state index in [9.17, 15) is 4.79 Å². The first-order valence-electron chi connectivity index (χ1n) is 8.70. The van der Waals surface area contributed by atoms with Gasteiger partial charge in [0.15, 0.2) is 0 Å². The molecule has 0 aromatic heterocycles. The molecular formula is C20H24ClN2O3+. The molecule has 1 fully saturated rings. The quantitative estimate of drug-likeness (QED) is 0.868. The van der Waals surface area contributed by atoms with E-state index in [2.05, 4.69) is 6.07 Å². The highest BCUT2D eigenvalue weighted by Crippen LogP contribution is 2.25. The summed E-state index contributed by atoms with van der Waals surface area (Å²) < 4.78 is 10.6. The molecule has 1 amide bonds. The number of hydrogen-bond acceptors (Lipinski definition) is 3. The van der Waals surface area contributed by atoms with Gasteiger partial charge in [-0.05, 0) is 24.3 Å². The molecule has 0 radical (unpaired) electrons. The predicted molar refractivity (Wildman–Crippen MR) is 101 cm³/mol. The second-order valence-electron chi connectivity index (χ2n) is 6.42. The monoisotopic (exact) mass is 375 g/mol. The molecule has 5 nitrogen and oxygen atoms in total. The summed E-state index contributed by atoms with van der Waals surface area (Å²) in [5.74, 6) is 1.23. The van der Waals surface area contributed by atoms with Crippen molar-refractivity contribution in [3.8, 4) is 11.5 Å². The Kier molecular flexibility index (Phi) is 6.01. The van der Waals surface area contributed by atoms with Crippen LogP contribution in [0.1, 0.15) is 15.9 Å². The fourth-order valence-corrected chi connectivity index (χ4v) is 3.50. The van der Waals surface area contributed by atoms with E-state index >= 15 is 0 Å². The van der Waals surface area contributed by atoms with Crippen LogP contribution in [0.4, 0.5) is 0 Å². The van der Waals surface area contributed by atoms with E-state index in [-0.39, 0.29) is 5.91 Å². The van der Waals surface area contributed by atoms with Gasteiger partial charge < -0.3 is 19.3 Å². The highest BCUT2D eigenvalue weighted by atomic mass is 35.5. The predicted octanol–water partition coefficient (Wildman–Crippen LogP) is 1.90. The maximum Gasteiger partial charge on any atom is 0.258 e. The minimum Gasteiger partial charge on any atom is -0.497 e. The largest absolute Gasteiger partial charge is 0.497 e. The number of carbonyl (C=O) groups excluding carboxylic acids is 1. The van der Waals surface area contributed by atoms with Gasteiger partial charge in [-0.25, -0.2) is 0 Å². The van der Waals surface area contributed by atoms with Crippen LogP contribution in [0.5, 0.6) is 11.5 Å². The fourth-order valence-electron chi connectivity index (χ4n) is 3.28. The molecule has 0 spiro atoms. The lowest BCUT2D eigenvalue weighted by molar-refractivity contribution is -0.917. The van der Waals surface area contributed by atoms with Gasteiger partial charge in [-0.3, -0.25) is 4.79 Å². The minimum absolute atomic E-state index is 0.00584. The Labute approximate surface area is 159 Å². The maximum atomic E-state index is 12.9. The molecule has 26 heavy (non-hydrogen) atoms. The van der Waals surface area contributed by atoms with Crippen molar-refractivity contribution in [1.82, 2.24) is 4.90 Å². The molecule has 1 aliphatic rings. The zero-order valence-electron chi connectivity index (χ0n) is 15.1. The Morgan fingerprint density at radius 3 is 2.54 bits per heavy atom. The standard InChI is InChI=1S/C20H23ClN2O3/c1-25-17-6-7-18(19(13-17)26-2)20(24)23-10-8-22(9-11-23)14-15-4-3-5-16(21)12-15/h3-7,12-13H,8-11,14H2,1-2H3/p+1. The molecule has 1 N–H and O–H groups in total. The number of carbonyl (C=O) groups is 1. The molecule has 3 rings (SSSR count). The zero-order chi connectivity index (χ0) is 18.5. The van der Waals surface area contributed by atoms with Gasteiger partial charge in [0.25, 0.3) is 5.91 Å². The number of nitrogens with one attached hydrogen (secondary N) is 1. The number of piperazine rings is 1. The molecule has 0 atom stereocenters. The molecule has 0 bridgehead atoms. The summed E-state index contributed by atoms with van der Waals surface area (Å²) in [5, 5.41) is 0.766. The number of benzene rings is 2. The smallest absolute Gasteiger partial charge is 0.258 e. The molecular weight excluding hydrogens is 352 g/mol. The Hall–Kier alpha value is -2.24. The van der Waals surface area contributed by atoms with Crippen molar-refractivity contribution in [3.05, 3.63) is 58.6 Å². The van der Waals surface area contributed by atoms with Gasteiger partial charge in [0.2, 0.25) is 0 Å². The molecule has 0 aliphatic carbocycles. The van der Waals surface area contributed by atoms with E-state index in [1.165, 1.54) is 10.5 Å². The minimum atomic E-state index is 0.00584. The van der Waals surface area contributed by atoms with Gasteiger partial charge in [0, 0.05) is 16.7 Å². The third kappa shape index (κ3) is 4.29. The van der Waals surface area contributed by atoms with Crippen molar-refractivity contribution < 1.29 is 19.2 Å². The Morgan fingerprint density at radius 1 is 1.12 bits per heavy atom. The molecule has 0 unspecified atom stereocenters. The van der Waals surface area contributed by atoms with Crippen LogP contribution in [-0.4, -0.2) is 51.2 Å². The van der Waals surface area contributed by atoms with E-state index in [0.717, 1.165) is 37.7 Å². The van der Waals surface area contributed by atoms with Crippen LogP contribution in [0.2, 0.25) is 5.02 Å². The number of hydrogen-bond donors (Lipinski definition) is 1. The molecule has 1 aliphatic heterocycles. The van der Waals surface area contributed by atoms with E-state index in [0.29, 0.717) is 17.1 Å². The van der Waals surface area contributed by atoms with Crippen LogP contribution < -0.4 is 14.4 Å². The maximum absolute atomic E-state index is 12.9. The number of nitrogens with zero attached hydrogens (tertiary/aromatic N) is 1. The average Bonchev–Trinajstić information content (AvgIpc) is 2.67. The Balaban J connectivity index is 1.62. The van der Waals surface area contributed by atoms with Gasteiger partial charge in [0.1, 0.15) is 18.0 Å². The summed E-state index contributed by atoms with van der Waals surface area (Å²) in [5.41, 5.74) is 1.80. The number of quaternary nitrogens is 1. The summed E-state index contributed by atoms with van der Waals surface area (Å²) in [6, 6.07) is 13.3. The molecule has 1 saturated heterocycles. The second kappa shape index (κ2) is 8.43. The molecule has 2 aromatic rings. The molecule has 0 saturated carbocycles. The number of halogens is 1. The van der Waals surface area contributed by atoms with Crippen LogP contribution in [0.15, 0.2) is 42.5 Å². The van der Waals surface area contributed by atoms with E-state index < -0.39 is 0 Å². The first-order valence-corrected chi connectivity index (χ1v) is 9.08. The highest BCUT2D eigenvalue weighted by Gasteiger charge is 2.26. The van der Waals surface area contributed by atoms with Crippen molar-refractivity contribution in [2.45, 2.75) is 6.54 Å². The third-order valence-corrected chi connectivity index (χ3v) is 4.98. The van der Waals surface area contributed by atoms with Gasteiger partial charge in [0.05, 0.1) is 46.0 Å². The van der Waals surface area contributed by atoms with Crippen LogP contribution in [-0.2, 0) is 6.54 Å². The Morgan fingerprint density at radius 2 is 1.88 bits per heavy atom. The van der Waals surface area contributed by atoms with Crippen molar-refractivity contribution in [1.29, 1.82) is 0 Å². The van der Waals surface area contributed by atoms with Gasteiger partial charge in [-0.1, -0.05) is 23.7 Å². The van der Waals surface area contributed by atoms with Crippen LogP contribution in [0, 0.1) is 0 Å². The van der Waals surface area contributed by atoms with Crippen LogP contribution >= 0.6 is 11.6 Å². The molecule has 6 heteroatoms. The lowest BCUT2D eigenvalue weighted by Crippen LogP contribution is -3.13. The lowest BCUT2D eigenvalue weighted by Gasteiger charge is -2.32. The zero-order valence-corrected chi connectivity index (χ0v) is 15.9. The number of methoxy groups -OCH3 is 2. The van der Waals surface area contributed by atoms with E-state index in [1.807, 2.05) is 23.1 Å². The van der Waals surface area contributed by atoms with E-state index in [1.54, 1.807) is 32.4 Å². The number of rotatable bonds is 5. The lowest BCUT2D eigenvalue weighted by atomic mass is 10.1. The van der Waals surface area contributed by atoms with Crippen molar-refractivity contribution in [3.63, 3.8) is 0 Å². The average molecular weight is 376 g/mol. The van der Waals surface area contributed by atoms with E-state index in [4.69, 9.17) is 21.1 Å². The third-order valence-electron chi connectivity index (χ3n) is 4.74. The normalized spacial score (nSPS) is 15.0. The van der Waals surface area contributed by atoms with Crippen molar-refractivity contribution in [2.75, 3.05) is 40.4 Å². The van der Waals surface area contributed by atoms with Gasteiger partial charge in [-0.15, -0.1) is 0 Å². The highest BCUT2D eigenvalue weighted by molar-refractivity contribution is 6.30. The number of ether oxygens (including phenoxy) is 2. The van der Waals surface area contributed by atoms with Gasteiger partial charge >= 0.3 is 0 Å². The Bertz CT molecular complexity index is 773. The van der Waals surface area contributed by atoms with Crippen LogP contribution in [0.3, 0.4) is 0 Å². The molecule has 2 aromatic carbocycles. The molecule has 1 heterocycles. The molecule has 138 valence electrons. The summed E-state index contributed by atoms with van der Waals surface area (Å²) in [6.45, 7) is 4.20. The first kappa shape index (κ1) is 18.5. The van der Waals surface area contributed by atoms with Crippen LogP contribution in [0.25, 0.3) is 0 Å². The summed E-state index contributed by atoms with van der Waals surface area (Å²) in [7, 11) is 3.16. The van der Waals surface area contributed by atoms with Gasteiger partial charge in [-0.2, -0.15) is 0 Å². The van der Waals surface area contributed by atoms with Crippen molar-refractivity contribution >= 4 is 17.5 Å². The second-order valence-corrected chi connectivity index (χ2v) is 6.85. The fraction of sp³-hybridized carbons (Fsp3) is 0.350. The summed E-state index contributed by atoms with van der Waals surface area (Å²) in [4.78, 5) is 16.2. The first-order chi connectivity index (χ1) is 12.6. The topological polar surface area (TPSA) is 43.2 Å².